The standard InChI is InChI=1S/C16H20N4O6S/c1-10(2)16-19-14(26-20-16)9-25-15(22)8-17-27(23,24)13-6-4-12(5-7-13)18-11(3)21/h4-7,10,17H,8-9H2,1-3H3,(H,18,21). The summed E-state index contributed by atoms with van der Waals surface area (Å²) in [5.41, 5.74) is 0.459. The van der Waals surface area contributed by atoms with Crippen LogP contribution in [-0.2, 0) is 31.0 Å². The van der Waals surface area contributed by atoms with Gasteiger partial charge in [-0.25, -0.2) is 8.42 Å². The maximum Gasteiger partial charge on any atom is 0.321 e. The van der Waals surface area contributed by atoms with E-state index in [1.54, 1.807) is 0 Å². The molecule has 0 bridgehead atoms. The lowest BCUT2D eigenvalue weighted by atomic mass is 10.2. The molecule has 0 spiro atoms. The number of anilines is 1. The number of ether oxygens (including phenoxy) is 1. The van der Waals surface area contributed by atoms with Crippen LogP contribution in [0.25, 0.3) is 0 Å². The number of esters is 1. The fourth-order valence-electron chi connectivity index (χ4n) is 1.91. The third kappa shape index (κ3) is 6.15. The Labute approximate surface area is 156 Å². The van der Waals surface area contributed by atoms with Crippen molar-refractivity contribution in [2.24, 2.45) is 0 Å². The van der Waals surface area contributed by atoms with E-state index in [1.165, 1.54) is 31.2 Å². The quantitative estimate of drug-likeness (QED) is 0.634. The highest BCUT2D eigenvalue weighted by atomic mass is 32.2. The topological polar surface area (TPSA) is 140 Å². The van der Waals surface area contributed by atoms with Crippen LogP contribution < -0.4 is 10.0 Å². The van der Waals surface area contributed by atoms with Crippen molar-refractivity contribution >= 4 is 27.6 Å². The summed E-state index contributed by atoms with van der Waals surface area (Å²) in [5.74, 6) is -0.374. The van der Waals surface area contributed by atoms with Crippen molar-refractivity contribution in [1.29, 1.82) is 0 Å². The van der Waals surface area contributed by atoms with Gasteiger partial charge in [-0.05, 0) is 24.3 Å². The largest absolute Gasteiger partial charge is 0.455 e. The molecule has 0 aliphatic heterocycles. The van der Waals surface area contributed by atoms with Crippen molar-refractivity contribution in [3.8, 4) is 0 Å². The monoisotopic (exact) mass is 396 g/mol. The van der Waals surface area contributed by atoms with Crippen molar-refractivity contribution < 1.29 is 27.3 Å². The Hall–Kier alpha value is -2.79. The average Bonchev–Trinajstić information content (AvgIpc) is 3.07. The van der Waals surface area contributed by atoms with E-state index in [2.05, 4.69) is 20.2 Å². The first kappa shape index (κ1) is 20.5. The van der Waals surface area contributed by atoms with Crippen molar-refractivity contribution in [1.82, 2.24) is 14.9 Å². The van der Waals surface area contributed by atoms with Crippen LogP contribution in [0.1, 0.15) is 38.4 Å². The molecule has 0 aliphatic rings. The smallest absolute Gasteiger partial charge is 0.321 e. The second-order valence-electron chi connectivity index (χ2n) is 5.89. The molecule has 11 heteroatoms. The van der Waals surface area contributed by atoms with E-state index in [0.29, 0.717) is 11.5 Å². The summed E-state index contributed by atoms with van der Waals surface area (Å²) < 4.78 is 36.3. The Kier molecular flexibility index (Phi) is 6.64. The van der Waals surface area contributed by atoms with Gasteiger partial charge in [-0.3, -0.25) is 9.59 Å². The minimum absolute atomic E-state index is 0.0529. The Morgan fingerprint density at radius 1 is 1.22 bits per heavy atom. The Morgan fingerprint density at radius 3 is 2.44 bits per heavy atom. The molecule has 1 amide bonds. The molecule has 0 radical (unpaired) electrons. The van der Waals surface area contributed by atoms with Crippen molar-refractivity contribution in [3.63, 3.8) is 0 Å². The van der Waals surface area contributed by atoms with Gasteiger partial charge in [-0.2, -0.15) is 9.71 Å². The van der Waals surface area contributed by atoms with Crippen LogP contribution in [0.15, 0.2) is 33.7 Å². The van der Waals surface area contributed by atoms with Gasteiger partial charge in [0.1, 0.15) is 6.54 Å². The summed E-state index contributed by atoms with van der Waals surface area (Å²) in [4.78, 5) is 26.7. The van der Waals surface area contributed by atoms with Gasteiger partial charge in [-0.15, -0.1) is 0 Å². The molecule has 0 unspecified atom stereocenters. The summed E-state index contributed by atoms with van der Waals surface area (Å²) in [5, 5.41) is 6.25. The molecule has 2 rings (SSSR count). The first-order valence-corrected chi connectivity index (χ1v) is 9.51. The maximum atomic E-state index is 12.2. The SMILES string of the molecule is CC(=O)Nc1ccc(S(=O)(=O)NCC(=O)OCc2nc(C(C)C)no2)cc1. The van der Waals surface area contributed by atoms with Gasteiger partial charge < -0.3 is 14.6 Å². The second kappa shape index (κ2) is 8.73. The van der Waals surface area contributed by atoms with E-state index in [4.69, 9.17) is 9.26 Å². The maximum absolute atomic E-state index is 12.2. The van der Waals surface area contributed by atoms with E-state index < -0.39 is 22.5 Å². The first-order valence-electron chi connectivity index (χ1n) is 8.03. The molecular formula is C16H20N4O6S. The van der Waals surface area contributed by atoms with Gasteiger partial charge in [0.15, 0.2) is 12.4 Å². The third-order valence-corrected chi connectivity index (χ3v) is 4.67. The summed E-state index contributed by atoms with van der Waals surface area (Å²) in [6, 6.07) is 5.50. The molecule has 0 atom stereocenters. The lowest BCUT2D eigenvalue weighted by molar-refractivity contribution is -0.144. The highest BCUT2D eigenvalue weighted by molar-refractivity contribution is 7.89. The minimum Gasteiger partial charge on any atom is -0.455 e. The summed E-state index contributed by atoms with van der Waals surface area (Å²) in [7, 11) is -3.91. The van der Waals surface area contributed by atoms with Crippen LogP contribution in [-0.4, -0.2) is 37.0 Å². The van der Waals surface area contributed by atoms with Crippen LogP contribution in [0.3, 0.4) is 0 Å². The number of carbonyl (C=O) groups is 2. The predicted octanol–water partition coefficient (Wildman–Crippen LogP) is 1.17. The van der Waals surface area contributed by atoms with Gasteiger partial charge in [0.05, 0.1) is 4.90 Å². The van der Waals surface area contributed by atoms with E-state index in [9.17, 15) is 18.0 Å². The van der Waals surface area contributed by atoms with Gasteiger partial charge in [-0.1, -0.05) is 19.0 Å². The molecular weight excluding hydrogens is 376 g/mol. The molecule has 2 N–H and O–H groups in total. The fraction of sp³-hybridized carbons (Fsp3) is 0.375. The minimum atomic E-state index is -3.91. The van der Waals surface area contributed by atoms with Crippen LogP contribution in [0.2, 0.25) is 0 Å². The van der Waals surface area contributed by atoms with Gasteiger partial charge >= 0.3 is 5.97 Å². The molecule has 1 aromatic heterocycles. The number of nitrogens with one attached hydrogen (secondary N) is 2. The van der Waals surface area contributed by atoms with Crippen LogP contribution >= 0.6 is 0 Å². The van der Waals surface area contributed by atoms with Crippen molar-refractivity contribution in [3.05, 3.63) is 36.0 Å². The van der Waals surface area contributed by atoms with Crippen LogP contribution in [0.5, 0.6) is 0 Å². The molecule has 2 aromatic rings. The van der Waals surface area contributed by atoms with Gasteiger partial charge in [0.25, 0.3) is 5.89 Å². The van der Waals surface area contributed by atoms with E-state index in [1.807, 2.05) is 13.8 Å². The van der Waals surface area contributed by atoms with Gasteiger partial charge in [0.2, 0.25) is 15.9 Å². The number of carbonyl (C=O) groups excluding carboxylic acids is 2. The molecule has 0 fully saturated rings. The molecule has 10 nitrogen and oxygen atoms in total. The molecule has 0 saturated carbocycles. The first-order chi connectivity index (χ1) is 12.7. The number of nitrogens with zero attached hydrogens (tertiary/aromatic N) is 2. The summed E-state index contributed by atoms with van der Waals surface area (Å²) in [6.07, 6.45) is 0. The zero-order valence-electron chi connectivity index (χ0n) is 15.1. The summed E-state index contributed by atoms with van der Waals surface area (Å²) in [6.45, 7) is 4.32. The lowest BCUT2D eigenvalue weighted by Crippen LogP contribution is -2.30. The number of hydrogen-bond donors (Lipinski definition) is 2. The molecule has 146 valence electrons. The average molecular weight is 396 g/mol. The van der Waals surface area contributed by atoms with Gasteiger partial charge in [0, 0.05) is 18.5 Å². The van der Waals surface area contributed by atoms with Crippen LogP contribution in [0.4, 0.5) is 5.69 Å². The highest BCUT2D eigenvalue weighted by Gasteiger charge is 2.17. The van der Waals surface area contributed by atoms with E-state index in [0.717, 1.165) is 0 Å². The number of hydrogen-bond acceptors (Lipinski definition) is 8. The number of amides is 1. The highest BCUT2D eigenvalue weighted by Crippen LogP contribution is 2.14. The molecule has 1 heterocycles. The Bertz CT molecular complexity index is 905. The lowest BCUT2D eigenvalue weighted by Gasteiger charge is -2.07. The number of sulfonamides is 1. The summed E-state index contributed by atoms with van der Waals surface area (Å²) >= 11 is 0. The normalized spacial score (nSPS) is 11.4. The fourth-order valence-corrected chi connectivity index (χ4v) is 2.88. The third-order valence-electron chi connectivity index (χ3n) is 3.25. The zero-order valence-corrected chi connectivity index (χ0v) is 15.9. The molecule has 27 heavy (non-hydrogen) atoms. The predicted molar refractivity (Wildman–Crippen MR) is 94.1 cm³/mol. The Balaban J connectivity index is 1.86. The Morgan fingerprint density at radius 2 is 1.89 bits per heavy atom. The van der Waals surface area contributed by atoms with E-state index >= 15 is 0 Å². The number of aromatic nitrogens is 2. The zero-order chi connectivity index (χ0) is 20.0. The second-order valence-corrected chi connectivity index (χ2v) is 7.66. The van der Waals surface area contributed by atoms with Crippen LogP contribution in [0, 0.1) is 0 Å². The molecule has 1 aromatic carbocycles. The molecule has 0 aliphatic carbocycles. The number of benzene rings is 1. The van der Waals surface area contributed by atoms with Crippen molar-refractivity contribution in [2.75, 3.05) is 11.9 Å². The van der Waals surface area contributed by atoms with E-state index in [-0.39, 0.29) is 29.2 Å². The number of rotatable bonds is 8. The van der Waals surface area contributed by atoms with Crippen molar-refractivity contribution in [2.45, 2.75) is 38.2 Å². The molecule has 0 saturated heterocycles.